The molecule has 3 aliphatic heterocycles. The molecule has 1 spiro atoms. The molecule has 1 saturated heterocycles. The van der Waals surface area contributed by atoms with Crippen LogP contribution in [0.5, 0.6) is 5.75 Å². The molecule has 152 valence electrons. The molecular formula is C24H28ClN3O. The van der Waals surface area contributed by atoms with Crippen LogP contribution in [0.15, 0.2) is 47.6 Å². The van der Waals surface area contributed by atoms with Crippen molar-refractivity contribution in [2.24, 2.45) is 5.10 Å². The average molecular weight is 410 g/mol. The van der Waals surface area contributed by atoms with Gasteiger partial charge in [-0.25, -0.2) is 5.01 Å². The van der Waals surface area contributed by atoms with Gasteiger partial charge in [0.1, 0.15) is 5.75 Å². The molecule has 0 aliphatic carbocycles. The summed E-state index contributed by atoms with van der Waals surface area (Å²) in [6, 6.07) is 15.3. The van der Waals surface area contributed by atoms with Gasteiger partial charge < -0.3 is 9.64 Å². The van der Waals surface area contributed by atoms with E-state index in [1.54, 1.807) is 0 Å². The van der Waals surface area contributed by atoms with Gasteiger partial charge in [0, 0.05) is 49.0 Å². The summed E-state index contributed by atoms with van der Waals surface area (Å²) >= 11 is 6.11. The van der Waals surface area contributed by atoms with Crippen molar-refractivity contribution in [1.82, 2.24) is 9.91 Å². The number of ether oxygens (including phenoxy) is 1. The van der Waals surface area contributed by atoms with Crippen molar-refractivity contribution >= 4 is 17.3 Å². The van der Waals surface area contributed by atoms with Crippen molar-refractivity contribution in [2.75, 3.05) is 13.1 Å². The monoisotopic (exact) mass is 409 g/mol. The number of likely N-dealkylation sites (tertiary alicyclic amines) is 1. The lowest BCUT2D eigenvalue weighted by Gasteiger charge is -2.52. The minimum absolute atomic E-state index is 0.231. The van der Waals surface area contributed by atoms with Gasteiger partial charge in [-0.15, -0.1) is 0 Å². The summed E-state index contributed by atoms with van der Waals surface area (Å²) < 4.78 is 6.81. The molecule has 0 amide bonds. The van der Waals surface area contributed by atoms with Crippen molar-refractivity contribution < 1.29 is 4.74 Å². The van der Waals surface area contributed by atoms with E-state index in [1.165, 1.54) is 11.1 Å². The molecule has 3 aliphatic rings. The van der Waals surface area contributed by atoms with Crippen molar-refractivity contribution in [3.8, 4) is 5.75 Å². The van der Waals surface area contributed by atoms with Crippen molar-refractivity contribution in [3.05, 3.63) is 64.2 Å². The Labute approximate surface area is 178 Å². The summed E-state index contributed by atoms with van der Waals surface area (Å²) in [7, 11) is 0. The summed E-state index contributed by atoms with van der Waals surface area (Å²) in [5.74, 6) is 1.07. The van der Waals surface area contributed by atoms with E-state index in [0.717, 1.165) is 54.4 Å². The number of hydrazone groups is 1. The summed E-state index contributed by atoms with van der Waals surface area (Å²) in [6.07, 6.45) is 2.83. The van der Waals surface area contributed by atoms with Crippen LogP contribution in [0.1, 0.15) is 55.8 Å². The predicted molar refractivity (Wildman–Crippen MR) is 118 cm³/mol. The van der Waals surface area contributed by atoms with Gasteiger partial charge in [0.05, 0.1) is 11.8 Å². The number of rotatable bonds is 2. The van der Waals surface area contributed by atoms with Gasteiger partial charge in [-0.1, -0.05) is 41.9 Å². The van der Waals surface area contributed by atoms with E-state index in [9.17, 15) is 0 Å². The van der Waals surface area contributed by atoms with E-state index in [4.69, 9.17) is 21.4 Å². The number of nitrogens with zero attached hydrogens (tertiary/aromatic N) is 3. The predicted octanol–water partition coefficient (Wildman–Crippen LogP) is 5.39. The standard InChI is InChI=1S/C24H28ClN3O/c1-16(2)27-13-11-24(12-14-27)28-22(20-6-4-5-17(3)23(20)29-24)15-21(26-28)18-7-9-19(25)10-8-18/h4-10,16,22H,11-15H2,1-3H3/t22-/m1/s1. The molecule has 0 N–H and O–H groups in total. The van der Waals surface area contributed by atoms with Gasteiger partial charge in [-0.2, -0.15) is 5.10 Å². The molecule has 29 heavy (non-hydrogen) atoms. The first-order chi connectivity index (χ1) is 14.0. The molecule has 1 atom stereocenters. The van der Waals surface area contributed by atoms with Gasteiger partial charge in [0.15, 0.2) is 0 Å². The number of hydrogen-bond donors (Lipinski definition) is 0. The number of aryl methyl sites for hydroxylation is 1. The molecule has 0 bridgehead atoms. The average Bonchev–Trinajstić information content (AvgIpc) is 3.17. The Morgan fingerprint density at radius 1 is 1.10 bits per heavy atom. The maximum Gasteiger partial charge on any atom is 0.200 e. The number of hydrogen-bond acceptors (Lipinski definition) is 4. The summed E-state index contributed by atoms with van der Waals surface area (Å²) in [5, 5.41) is 8.19. The Morgan fingerprint density at radius 2 is 1.83 bits per heavy atom. The topological polar surface area (TPSA) is 28.1 Å². The summed E-state index contributed by atoms with van der Waals surface area (Å²) in [4.78, 5) is 2.54. The van der Waals surface area contributed by atoms with E-state index in [-0.39, 0.29) is 11.8 Å². The van der Waals surface area contributed by atoms with Crippen LogP contribution in [0.25, 0.3) is 0 Å². The second kappa shape index (κ2) is 7.03. The van der Waals surface area contributed by atoms with Crippen LogP contribution in [0.4, 0.5) is 0 Å². The van der Waals surface area contributed by atoms with Crippen molar-refractivity contribution in [1.29, 1.82) is 0 Å². The molecule has 2 aromatic rings. The third-order valence-electron chi connectivity index (χ3n) is 6.71. The first-order valence-corrected chi connectivity index (χ1v) is 11.0. The highest BCUT2D eigenvalue weighted by Gasteiger charge is 2.52. The smallest absolute Gasteiger partial charge is 0.200 e. The summed E-state index contributed by atoms with van der Waals surface area (Å²) in [5.41, 5.74) is 4.38. The molecule has 0 saturated carbocycles. The minimum atomic E-state index is -0.358. The quantitative estimate of drug-likeness (QED) is 0.665. The lowest BCUT2D eigenvalue weighted by Crippen LogP contribution is -2.59. The van der Waals surface area contributed by atoms with E-state index in [2.05, 4.69) is 61.0 Å². The van der Waals surface area contributed by atoms with Crippen molar-refractivity contribution in [2.45, 2.75) is 57.8 Å². The van der Waals surface area contributed by atoms with Crippen LogP contribution >= 0.6 is 11.6 Å². The fourth-order valence-electron chi connectivity index (χ4n) is 4.98. The maximum atomic E-state index is 6.81. The second-order valence-electron chi connectivity index (χ2n) is 8.79. The molecule has 0 unspecified atom stereocenters. The molecule has 0 aromatic heterocycles. The van der Waals surface area contributed by atoms with Gasteiger partial charge in [0.2, 0.25) is 5.72 Å². The van der Waals surface area contributed by atoms with E-state index < -0.39 is 0 Å². The fraction of sp³-hybridized carbons (Fsp3) is 0.458. The lowest BCUT2D eigenvalue weighted by atomic mass is 9.89. The van der Waals surface area contributed by atoms with Gasteiger partial charge in [0.25, 0.3) is 0 Å². The minimum Gasteiger partial charge on any atom is -0.466 e. The van der Waals surface area contributed by atoms with E-state index in [0.29, 0.717) is 6.04 Å². The van der Waals surface area contributed by atoms with E-state index >= 15 is 0 Å². The number of para-hydroxylation sites is 1. The third-order valence-corrected chi connectivity index (χ3v) is 6.96. The fourth-order valence-corrected chi connectivity index (χ4v) is 5.11. The lowest BCUT2D eigenvalue weighted by molar-refractivity contribution is -0.152. The molecule has 3 heterocycles. The Morgan fingerprint density at radius 3 is 2.52 bits per heavy atom. The van der Waals surface area contributed by atoms with Crippen molar-refractivity contribution in [3.63, 3.8) is 0 Å². The molecule has 5 heteroatoms. The summed E-state index contributed by atoms with van der Waals surface area (Å²) in [6.45, 7) is 8.77. The Balaban J connectivity index is 1.55. The Kier molecular flexibility index (Phi) is 4.60. The maximum absolute atomic E-state index is 6.81. The zero-order chi connectivity index (χ0) is 20.2. The highest BCUT2D eigenvalue weighted by atomic mass is 35.5. The van der Waals surface area contributed by atoms with Gasteiger partial charge in [-0.3, -0.25) is 0 Å². The zero-order valence-electron chi connectivity index (χ0n) is 17.4. The molecular weight excluding hydrogens is 382 g/mol. The van der Waals surface area contributed by atoms with Crippen LogP contribution in [-0.2, 0) is 0 Å². The van der Waals surface area contributed by atoms with Crippen LogP contribution in [0.2, 0.25) is 5.02 Å². The Hall–Kier alpha value is -2.04. The molecule has 0 radical (unpaired) electrons. The molecule has 1 fully saturated rings. The molecule has 4 nitrogen and oxygen atoms in total. The number of halogens is 1. The van der Waals surface area contributed by atoms with Gasteiger partial charge in [-0.05, 0) is 44.0 Å². The first kappa shape index (κ1) is 19.0. The van der Waals surface area contributed by atoms with Crippen LogP contribution in [0.3, 0.4) is 0 Å². The SMILES string of the molecule is Cc1cccc2c1OC1(CCN(C(C)C)CC1)N1N=C(c3ccc(Cl)cc3)C[C@H]21. The second-order valence-corrected chi connectivity index (χ2v) is 9.23. The van der Waals surface area contributed by atoms with Crippen LogP contribution in [0, 0.1) is 6.92 Å². The normalized spacial score (nSPS) is 23.0. The highest BCUT2D eigenvalue weighted by molar-refractivity contribution is 6.30. The molecule has 2 aromatic carbocycles. The van der Waals surface area contributed by atoms with Crippen LogP contribution in [-0.4, -0.2) is 40.5 Å². The van der Waals surface area contributed by atoms with E-state index in [1.807, 2.05) is 12.1 Å². The third kappa shape index (κ3) is 3.13. The largest absolute Gasteiger partial charge is 0.466 e. The number of benzene rings is 2. The molecule has 5 rings (SSSR count). The number of piperidine rings is 1. The Bertz CT molecular complexity index is 945. The first-order valence-electron chi connectivity index (χ1n) is 10.6. The number of fused-ring (bicyclic) bond motifs is 4. The van der Waals surface area contributed by atoms with Crippen LogP contribution < -0.4 is 4.74 Å². The zero-order valence-corrected chi connectivity index (χ0v) is 18.1. The highest BCUT2D eigenvalue weighted by Crippen LogP contribution is 2.51. The van der Waals surface area contributed by atoms with Gasteiger partial charge >= 0.3 is 0 Å².